The zero-order valence-corrected chi connectivity index (χ0v) is 12.4. The van der Waals surface area contributed by atoms with Gasteiger partial charge < -0.3 is 24.4 Å². The van der Waals surface area contributed by atoms with E-state index < -0.39 is 0 Å². The molecule has 0 bridgehead atoms. The molecule has 2 heterocycles. The average molecular weight is 282 g/mol. The number of aromatic nitrogens is 2. The van der Waals surface area contributed by atoms with Crippen molar-refractivity contribution in [3.63, 3.8) is 0 Å². The standard InChI is InChI=1S/C13H22N4O3/c1-14-11-5-13(16-12(15-11)8-18-2)17-6-9(19-3)10(7-17)20-4/h5,9-10H,6-8H2,1-4H3,(H,14,15,16). The van der Waals surface area contributed by atoms with Gasteiger partial charge in [0.25, 0.3) is 0 Å². The number of ether oxygens (including phenoxy) is 3. The highest BCUT2D eigenvalue weighted by atomic mass is 16.5. The number of nitrogens with one attached hydrogen (secondary N) is 1. The van der Waals surface area contributed by atoms with Crippen LogP contribution in [-0.2, 0) is 20.8 Å². The lowest BCUT2D eigenvalue weighted by Gasteiger charge is -2.18. The van der Waals surface area contributed by atoms with Gasteiger partial charge >= 0.3 is 0 Å². The van der Waals surface area contributed by atoms with Gasteiger partial charge in [0.05, 0.1) is 0 Å². The number of anilines is 2. The van der Waals surface area contributed by atoms with E-state index in [0.29, 0.717) is 12.4 Å². The molecule has 7 nitrogen and oxygen atoms in total. The summed E-state index contributed by atoms with van der Waals surface area (Å²) in [6.07, 6.45) is 0.109. The zero-order valence-electron chi connectivity index (χ0n) is 12.4. The van der Waals surface area contributed by atoms with Crippen molar-refractivity contribution in [1.29, 1.82) is 0 Å². The van der Waals surface area contributed by atoms with Crippen molar-refractivity contribution >= 4 is 11.6 Å². The fourth-order valence-electron chi connectivity index (χ4n) is 2.35. The van der Waals surface area contributed by atoms with Crippen molar-refractivity contribution in [2.24, 2.45) is 0 Å². The van der Waals surface area contributed by atoms with E-state index in [9.17, 15) is 0 Å². The Kier molecular flexibility index (Phi) is 5.11. The highest BCUT2D eigenvalue weighted by Gasteiger charge is 2.33. The van der Waals surface area contributed by atoms with Crippen molar-refractivity contribution in [3.05, 3.63) is 11.9 Å². The summed E-state index contributed by atoms with van der Waals surface area (Å²) in [6, 6.07) is 1.92. The average Bonchev–Trinajstić information content (AvgIpc) is 2.90. The van der Waals surface area contributed by atoms with Crippen LogP contribution in [0.2, 0.25) is 0 Å². The first-order valence-corrected chi connectivity index (χ1v) is 6.57. The number of nitrogens with zero attached hydrogens (tertiary/aromatic N) is 3. The molecule has 1 N–H and O–H groups in total. The first-order chi connectivity index (χ1) is 9.71. The second kappa shape index (κ2) is 6.83. The Morgan fingerprint density at radius 2 is 1.85 bits per heavy atom. The largest absolute Gasteiger partial charge is 0.377 e. The van der Waals surface area contributed by atoms with Crippen LogP contribution in [0.25, 0.3) is 0 Å². The van der Waals surface area contributed by atoms with E-state index >= 15 is 0 Å². The van der Waals surface area contributed by atoms with Gasteiger partial charge in [-0.3, -0.25) is 0 Å². The van der Waals surface area contributed by atoms with Gasteiger partial charge in [-0.05, 0) is 0 Å². The quantitative estimate of drug-likeness (QED) is 0.815. The van der Waals surface area contributed by atoms with Crippen LogP contribution in [0, 0.1) is 0 Å². The minimum absolute atomic E-state index is 0.0545. The van der Waals surface area contributed by atoms with Crippen molar-refractivity contribution in [2.75, 3.05) is 51.7 Å². The molecular formula is C13H22N4O3. The monoisotopic (exact) mass is 282 g/mol. The molecule has 1 saturated heterocycles. The topological polar surface area (TPSA) is 68.7 Å². The van der Waals surface area contributed by atoms with Crippen molar-refractivity contribution in [1.82, 2.24) is 9.97 Å². The number of hydrogen-bond donors (Lipinski definition) is 1. The van der Waals surface area contributed by atoms with Crippen LogP contribution in [0.15, 0.2) is 6.07 Å². The molecule has 0 spiro atoms. The van der Waals surface area contributed by atoms with Gasteiger partial charge in [-0.15, -0.1) is 0 Å². The molecule has 7 heteroatoms. The van der Waals surface area contributed by atoms with E-state index in [1.54, 1.807) is 21.3 Å². The Bertz CT molecular complexity index is 432. The number of methoxy groups -OCH3 is 3. The highest BCUT2D eigenvalue weighted by Crippen LogP contribution is 2.23. The molecule has 20 heavy (non-hydrogen) atoms. The molecular weight excluding hydrogens is 260 g/mol. The van der Waals surface area contributed by atoms with E-state index in [0.717, 1.165) is 24.7 Å². The van der Waals surface area contributed by atoms with Gasteiger partial charge in [0.1, 0.15) is 30.5 Å². The van der Waals surface area contributed by atoms with Crippen molar-refractivity contribution < 1.29 is 14.2 Å². The molecule has 1 aliphatic heterocycles. The minimum atomic E-state index is 0.0545. The predicted molar refractivity (Wildman–Crippen MR) is 76.1 cm³/mol. The third-order valence-corrected chi connectivity index (χ3v) is 3.43. The molecule has 2 rings (SSSR count). The first-order valence-electron chi connectivity index (χ1n) is 6.57. The minimum Gasteiger partial charge on any atom is -0.377 e. The molecule has 1 aromatic heterocycles. The summed E-state index contributed by atoms with van der Waals surface area (Å²) in [4.78, 5) is 11.0. The molecule has 1 aromatic rings. The predicted octanol–water partition coefficient (Wildman–Crippen LogP) is 0.515. The van der Waals surface area contributed by atoms with Gasteiger partial charge in [-0.25, -0.2) is 9.97 Å². The lowest BCUT2D eigenvalue weighted by molar-refractivity contribution is -0.00461. The summed E-state index contributed by atoms with van der Waals surface area (Å²) in [6.45, 7) is 1.89. The lowest BCUT2D eigenvalue weighted by Crippen LogP contribution is -2.27. The van der Waals surface area contributed by atoms with Gasteiger partial charge in [0, 0.05) is 47.5 Å². The smallest absolute Gasteiger partial charge is 0.158 e. The molecule has 0 aliphatic carbocycles. The van der Waals surface area contributed by atoms with E-state index in [1.807, 2.05) is 13.1 Å². The Hall–Kier alpha value is -1.44. The molecule has 112 valence electrons. The second-order valence-electron chi connectivity index (χ2n) is 4.66. The van der Waals surface area contributed by atoms with Gasteiger partial charge in [0.2, 0.25) is 0 Å². The Morgan fingerprint density at radius 3 is 2.35 bits per heavy atom. The summed E-state index contributed by atoms with van der Waals surface area (Å²) < 4.78 is 16.0. The Morgan fingerprint density at radius 1 is 1.20 bits per heavy atom. The van der Waals surface area contributed by atoms with Gasteiger partial charge in [-0.1, -0.05) is 0 Å². The van der Waals surface area contributed by atoms with Crippen LogP contribution in [0.5, 0.6) is 0 Å². The maximum absolute atomic E-state index is 5.45. The Balaban J connectivity index is 2.21. The van der Waals surface area contributed by atoms with Crippen LogP contribution in [0.1, 0.15) is 5.82 Å². The number of hydrogen-bond acceptors (Lipinski definition) is 7. The van der Waals surface area contributed by atoms with Crippen molar-refractivity contribution in [3.8, 4) is 0 Å². The van der Waals surface area contributed by atoms with E-state index in [2.05, 4.69) is 20.2 Å². The maximum Gasteiger partial charge on any atom is 0.158 e. The summed E-state index contributed by atoms with van der Waals surface area (Å²) in [5.74, 6) is 2.29. The fourth-order valence-corrected chi connectivity index (χ4v) is 2.35. The van der Waals surface area contributed by atoms with E-state index in [4.69, 9.17) is 14.2 Å². The van der Waals surface area contributed by atoms with Crippen LogP contribution in [0.3, 0.4) is 0 Å². The second-order valence-corrected chi connectivity index (χ2v) is 4.66. The molecule has 2 atom stereocenters. The summed E-state index contributed by atoms with van der Waals surface area (Å²) in [5.41, 5.74) is 0. The number of rotatable bonds is 6. The van der Waals surface area contributed by atoms with Crippen LogP contribution < -0.4 is 10.2 Å². The molecule has 0 amide bonds. The molecule has 0 aromatic carbocycles. The van der Waals surface area contributed by atoms with E-state index in [-0.39, 0.29) is 12.2 Å². The van der Waals surface area contributed by atoms with Gasteiger partial charge in [0.15, 0.2) is 5.82 Å². The molecule has 1 aliphatic rings. The third-order valence-electron chi connectivity index (χ3n) is 3.43. The summed E-state index contributed by atoms with van der Waals surface area (Å²) >= 11 is 0. The Labute approximate surface area is 119 Å². The SMILES string of the molecule is CNc1cc(N2CC(OC)C(OC)C2)nc(COC)n1. The zero-order chi connectivity index (χ0) is 14.5. The van der Waals surface area contributed by atoms with Crippen LogP contribution >= 0.6 is 0 Å². The third kappa shape index (κ3) is 3.17. The lowest BCUT2D eigenvalue weighted by atomic mass is 10.3. The molecule has 0 saturated carbocycles. The van der Waals surface area contributed by atoms with Crippen LogP contribution in [-0.4, -0.2) is 63.6 Å². The fraction of sp³-hybridized carbons (Fsp3) is 0.692. The molecule has 0 radical (unpaired) electrons. The maximum atomic E-state index is 5.45. The first kappa shape index (κ1) is 15.0. The summed E-state index contributed by atoms with van der Waals surface area (Å²) in [5, 5.41) is 3.04. The highest BCUT2D eigenvalue weighted by molar-refractivity contribution is 5.50. The van der Waals surface area contributed by atoms with Crippen molar-refractivity contribution in [2.45, 2.75) is 18.8 Å². The molecule has 2 unspecified atom stereocenters. The summed E-state index contributed by atoms with van der Waals surface area (Å²) in [7, 11) is 6.88. The molecule has 1 fully saturated rings. The van der Waals surface area contributed by atoms with Crippen LogP contribution in [0.4, 0.5) is 11.6 Å². The van der Waals surface area contributed by atoms with Gasteiger partial charge in [-0.2, -0.15) is 0 Å². The van der Waals surface area contributed by atoms with E-state index in [1.165, 1.54) is 0 Å². The normalized spacial score (nSPS) is 22.3.